The molecule has 6 heteroatoms. The van der Waals surface area contributed by atoms with E-state index in [2.05, 4.69) is 52.2 Å². The summed E-state index contributed by atoms with van der Waals surface area (Å²) < 4.78 is 1.69. The summed E-state index contributed by atoms with van der Waals surface area (Å²) in [6.07, 6.45) is 6.41. The maximum atomic E-state index is 13.2. The van der Waals surface area contributed by atoms with Crippen LogP contribution in [0.15, 0.2) is 65.8 Å². The van der Waals surface area contributed by atoms with E-state index in [-0.39, 0.29) is 5.56 Å². The lowest BCUT2D eigenvalue weighted by molar-refractivity contribution is 0.215. The lowest BCUT2D eigenvalue weighted by Gasteiger charge is -2.31. The average Bonchev–Trinajstić information content (AvgIpc) is 3.15. The highest BCUT2D eigenvalue weighted by atomic mass is 32.1. The highest BCUT2D eigenvalue weighted by molar-refractivity contribution is 7.18. The highest BCUT2D eigenvalue weighted by Gasteiger charge is 2.27. The number of hydrogen-bond donors (Lipinski definition) is 0. The summed E-state index contributed by atoms with van der Waals surface area (Å²) in [6, 6.07) is 16.9. The van der Waals surface area contributed by atoms with E-state index in [1.165, 1.54) is 16.0 Å². The minimum absolute atomic E-state index is 0.0549. The quantitative estimate of drug-likeness (QED) is 0.495. The van der Waals surface area contributed by atoms with Gasteiger partial charge in [0, 0.05) is 23.7 Å². The number of benzene rings is 1. The second kappa shape index (κ2) is 8.13. The fourth-order valence-electron chi connectivity index (χ4n) is 4.34. The molecule has 1 aliphatic carbocycles. The van der Waals surface area contributed by atoms with Crippen molar-refractivity contribution in [1.29, 1.82) is 0 Å². The Bertz CT molecular complexity index is 1220. The molecule has 30 heavy (non-hydrogen) atoms. The Morgan fingerprint density at radius 1 is 1.13 bits per heavy atom. The third-order valence-corrected chi connectivity index (χ3v) is 7.13. The first-order chi connectivity index (χ1) is 14.7. The molecule has 0 radical (unpaired) electrons. The molecule has 0 fully saturated rings. The predicted molar refractivity (Wildman–Crippen MR) is 121 cm³/mol. The first-order valence-electron chi connectivity index (χ1n) is 10.3. The maximum absolute atomic E-state index is 13.2. The standard InChI is InChI=1S/C24H24N4OS/c1-27(14-17-7-3-2-4-8-17)19-10-11-20-21(13-19)30-23-22(20)24(29)28(16-26-23)15-18-9-5-6-12-25-18/h2-9,12,16,19H,10-11,13-15H2,1H3. The van der Waals surface area contributed by atoms with Gasteiger partial charge >= 0.3 is 0 Å². The van der Waals surface area contributed by atoms with Crippen molar-refractivity contribution in [3.05, 3.63) is 93.1 Å². The summed E-state index contributed by atoms with van der Waals surface area (Å²) in [5, 5.41) is 0.817. The van der Waals surface area contributed by atoms with Gasteiger partial charge in [-0.05, 0) is 49.6 Å². The molecule has 0 spiro atoms. The third kappa shape index (κ3) is 3.68. The van der Waals surface area contributed by atoms with Gasteiger partial charge in [0.05, 0.1) is 24.0 Å². The van der Waals surface area contributed by atoms with E-state index in [0.717, 1.165) is 41.7 Å². The molecule has 3 heterocycles. The zero-order valence-corrected chi connectivity index (χ0v) is 17.8. The summed E-state index contributed by atoms with van der Waals surface area (Å²) in [5.74, 6) is 0. The lowest BCUT2D eigenvalue weighted by Crippen LogP contribution is -2.35. The molecule has 3 aromatic heterocycles. The van der Waals surface area contributed by atoms with Crippen LogP contribution in [0.25, 0.3) is 10.2 Å². The minimum atomic E-state index is 0.0549. The minimum Gasteiger partial charge on any atom is -0.299 e. The van der Waals surface area contributed by atoms with Crippen molar-refractivity contribution in [2.24, 2.45) is 0 Å². The fourth-order valence-corrected chi connectivity index (χ4v) is 5.59. The molecule has 0 bridgehead atoms. The van der Waals surface area contributed by atoms with Crippen molar-refractivity contribution in [2.75, 3.05) is 7.05 Å². The third-order valence-electron chi connectivity index (χ3n) is 5.97. The van der Waals surface area contributed by atoms with Crippen LogP contribution in [0.1, 0.15) is 28.1 Å². The molecular weight excluding hydrogens is 392 g/mol. The van der Waals surface area contributed by atoms with Crippen molar-refractivity contribution in [3.8, 4) is 0 Å². The molecule has 5 nitrogen and oxygen atoms in total. The van der Waals surface area contributed by atoms with Crippen LogP contribution < -0.4 is 5.56 Å². The Hall–Kier alpha value is -2.83. The van der Waals surface area contributed by atoms with Gasteiger partial charge in [-0.2, -0.15) is 0 Å². The van der Waals surface area contributed by atoms with E-state index in [9.17, 15) is 4.79 Å². The Kier molecular flexibility index (Phi) is 5.19. The molecule has 0 amide bonds. The van der Waals surface area contributed by atoms with Gasteiger partial charge in [-0.15, -0.1) is 11.3 Å². The number of fused-ring (bicyclic) bond motifs is 3. The predicted octanol–water partition coefficient (Wildman–Crippen LogP) is 3.89. The van der Waals surface area contributed by atoms with Crippen molar-refractivity contribution in [1.82, 2.24) is 19.4 Å². The van der Waals surface area contributed by atoms with E-state index >= 15 is 0 Å². The topological polar surface area (TPSA) is 51.0 Å². The van der Waals surface area contributed by atoms with Crippen LogP contribution in [0.2, 0.25) is 0 Å². The number of pyridine rings is 1. The number of rotatable bonds is 5. The van der Waals surface area contributed by atoms with Crippen molar-refractivity contribution in [2.45, 2.75) is 38.4 Å². The zero-order valence-electron chi connectivity index (χ0n) is 17.0. The Labute approximate surface area is 179 Å². The molecule has 0 saturated heterocycles. The van der Waals surface area contributed by atoms with Gasteiger partial charge in [0.1, 0.15) is 4.83 Å². The smallest absolute Gasteiger partial charge is 0.262 e. The number of hydrogen-bond acceptors (Lipinski definition) is 5. The van der Waals surface area contributed by atoms with Crippen LogP contribution in [0, 0.1) is 0 Å². The van der Waals surface area contributed by atoms with E-state index in [4.69, 9.17) is 0 Å². The molecule has 0 saturated carbocycles. The Balaban J connectivity index is 1.40. The highest BCUT2D eigenvalue weighted by Crippen LogP contribution is 2.35. The molecule has 1 atom stereocenters. The van der Waals surface area contributed by atoms with Crippen LogP contribution in [0.5, 0.6) is 0 Å². The first-order valence-corrected chi connectivity index (χ1v) is 11.1. The molecule has 0 N–H and O–H groups in total. The number of aromatic nitrogens is 3. The van der Waals surface area contributed by atoms with Gasteiger partial charge in [-0.3, -0.25) is 19.2 Å². The molecule has 152 valence electrons. The molecule has 1 aromatic carbocycles. The van der Waals surface area contributed by atoms with Gasteiger partial charge in [-0.1, -0.05) is 36.4 Å². The van der Waals surface area contributed by atoms with Gasteiger partial charge in [0.2, 0.25) is 0 Å². The number of nitrogens with zero attached hydrogens (tertiary/aromatic N) is 4. The SMILES string of the molecule is CN(Cc1ccccc1)C1CCc2c(sc3ncn(Cc4ccccn4)c(=O)c23)C1. The summed E-state index contributed by atoms with van der Waals surface area (Å²) in [7, 11) is 2.20. The molecular formula is C24H24N4OS. The Morgan fingerprint density at radius 2 is 1.97 bits per heavy atom. The second-order valence-corrected chi connectivity index (χ2v) is 9.06. The first kappa shape index (κ1) is 19.2. The van der Waals surface area contributed by atoms with Crippen LogP contribution in [0.3, 0.4) is 0 Å². The molecule has 5 rings (SSSR count). The van der Waals surface area contributed by atoms with E-state index in [1.807, 2.05) is 18.2 Å². The van der Waals surface area contributed by atoms with Gasteiger partial charge in [0.25, 0.3) is 5.56 Å². The Morgan fingerprint density at radius 3 is 2.77 bits per heavy atom. The zero-order chi connectivity index (χ0) is 20.5. The van der Waals surface area contributed by atoms with E-state index in [0.29, 0.717) is 12.6 Å². The molecule has 1 aliphatic rings. The van der Waals surface area contributed by atoms with E-state index in [1.54, 1.807) is 28.4 Å². The summed E-state index contributed by atoms with van der Waals surface area (Å²) in [5.41, 5.74) is 3.47. The maximum Gasteiger partial charge on any atom is 0.262 e. The van der Waals surface area contributed by atoms with Crippen molar-refractivity contribution >= 4 is 21.6 Å². The summed E-state index contributed by atoms with van der Waals surface area (Å²) >= 11 is 1.69. The van der Waals surface area contributed by atoms with Crippen LogP contribution in [0.4, 0.5) is 0 Å². The van der Waals surface area contributed by atoms with Gasteiger partial charge in [0.15, 0.2) is 0 Å². The van der Waals surface area contributed by atoms with Crippen LogP contribution in [-0.4, -0.2) is 32.5 Å². The summed E-state index contributed by atoms with van der Waals surface area (Å²) in [6.45, 7) is 1.40. The van der Waals surface area contributed by atoms with Crippen molar-refractivity contribution in [3.63, 3.8) is 0 Å². The van der Waals surface area contributed by atoms with Gasteiger partial charge in [-0.25, -0.2) is 4.98 Å². The van der Waals surface area contributed by atoms with E-state index < -0.39 is 0 Å². The monoisotopic (exact) mass is 416 g/mol. The second-order valence-electron chi connectivity index (χ2n) is 7.98. The number of aryl methyl sites for hydroxylation is 1. The normalized spacial score (nSPS) is 16.1. The number of thiophene rings is 1. The lowest BCUT2D eigenvalue weighted by atomic mass is 9.92. The molecule has 1 unspecified atom stereocenters. The molecule has 0 aliphatic heterocycles. The fraction of sp³-hybridized carbons (Fsp3) is 0.292. The summed E-state index contributed by atoms with van der Waals surface area (Å²) in [4.78, 5) is 26.8. The van der Waals surface area contributed by atoms with Crippen LogP contribution in [-0.2, 0) is 25.9 Å². The largest absolute Gasteiger partial charge is 0.299 e. The van der Waals surface area contributed by atoms with Crippen LogP contribution >= 0.6 is 11.3 Å². The van der Waals surface area contributed by atoms with Crippen molar-refractivity contribution < 1.29 is 0 Å². The average molecular weight is 417 g/mol. The molecule has 4 aromatic rings. The number of likely N-dealkylation sites (N-methyl/N-ethyl adjacent to an activating group) is 1. The van der Waals surface area contributed by atoms with Gasteiger partial charge < -0.3 is 0 Å².